The first-order valence-corrected chi connectivity index (χ1v) is 4.38. The van der Waals surface area contributed by atoms with Crippen molar-refractivity contribution in [1.29, 1.82) is 0 Å². The van der Waals surface area contributed by atoms with Gasteiger partial charge in [-0.1, -0.05) is 18.2 Å². The van der Waals surface area contributed by atoms with Gasteiger partial charge in [0.2, 0.25) is 0 Å². The summed E-state index contributed by atoms with van der Waals surface area (Å²) in [5.41, 5.74) is 0.189. The monoisotopic (exact) mass is 183 g/mol. The van der Waals surface area contributed by atoms with Crippen LogP contribution in [0.2, 0.25) is 0 Å². The molecule has 0 aliphatic carbocycles. The van der Waals surface area contributed by atoms with Crippen LogP contribution in [0.25, 0.3) is 0 Å². The molecule has 1 aromatic rings. The molecule has 0 aromatic heterocycles. The molecule has 1 aromatic carbocycles. The van der Waals surface area contributed by atoms with Gasteiger partial charge in [-0.3, -0.25) is 0 Å². The third kappa shape index (κ3) is 1.56. The van der Waals surface area contributed by atoms with Crippen LogP contribution in [0.5, 0.6) is 0 Å². The van der Waals surface area contributed by atoms with Gasteiger partial charge in [0.25, 0.3) is 0 Å². The number of hydrogen-bond donors (Lipinski definition) is 1. The van der Waals surface area contributed by atoms with Gasteiger partial charge in [0.1, 0.15) is 12.0 Å². The Bertz CT molecular complexity index is 297. The van der Waals surface area contributed by atoms with Gasteiger partial charge in [0.15, 0.2) is 0 Å². The van der Waals surface area contributed by atoms with Crippen molar-refractivity contribution >= 4 is 0 Å². The summed E-state index contributed by atoms with van der Waals surface area (Å²) in [4.78, 5) is 0. The fourth-order valence-electron chi connectivity index (χ4n) is 1.47. The van der Waals surface area contributed by atoms with Crippen LogP contribution in [-0.4, -0.2) is 13.1 Å². The first-order valence-electron chi connectivity index (χ1n) is 4.38. The molecule has 1 N–H and O–H groups in total. The summed E-state index contributed by atoms with van der Waals surface area (Å²) < 4.78 is 26.7. The zero-order chi connectivity index (χ0) is 9.26. The lowest BCUT2D eigenvalue weighted by Crippen LogP contribution is -2.44. The fourth-order valence-corrected chi connectivity index (χ4v) is 1.47. The number of hydrogen-bond acceptors (Lipinski definition) is 1. The molecule has 0 spiro atoms. The van der Waals surface area contributed by atoms with E-state index in [-0.39, 0.29) is 11.5 Å². The van der Waals surface area contributed by atoms with Crippen molar-refractivity contribution in [1.82, 2.24) is 5.32 Å². The summed E-state index contributed by atoms with van der Waals surface area (Å²) in [5.74, 6) is -0.501. The first kappa shape index (κ1) is 8.63. The SMILES string of the molecule is Fc1ccccc1C(F)C1CNC1. The second kappa shape index (κ2) is 3.42. The van der Waals surface area contributed by atoms with E-state index in [1.807, 2.05) is 0 Å². The summed E-state index contributed by atoms with van der Waals surface area (Å²) >= 11 is 0. The molecule has 1 saturated heterocycles. The maximum atomic E-state index is 13.6. The Labute approximate surface area is 75.8 Å². The van der Waals surface area contributed by atoms with E-state index >= 15 is 0 Å². The van der Waals surface area contributed by atoms with Crippen molar-refractivity contribution in [3.8, 4) is 0 Å². The van der Waals surface area contributed by atoms with Crippen LogP contribution in [0.4, 0.5) is 8.78 Å². The van der Waals surface area contributed by atoms with E-state index in [2.05, 4.69) is 5.32 Å². The second-order valence-electron chi connectivity index (χ2n) is 3.34. The molecule has 0 radical (unpaired) electrons. The molecule has 0 bridgehead atoms. The molecule has 0 saturated carbocycles. The van der Waals surface area contributed by atoms with Crippen molar-refractivity contribution < 1.29 is 8.78 Å². The number of nitrogens with one attached hydrogen (secondary N) is 1. The van der Waals surface area contributed by atoms with Crippen LogP contribution < -0.4 is 5.32 Å². The molecule has 13 heavy (non-hydrogen) atoms. The van der Waals surface area contributed by atoms with E-state index in [1.54, 1.807) is 12.1 Å². The first-order chi connectivity index (χ1) is 6.29. The van der Waals surface area contributed by atoms with Gasteiger partial charge in [0, 0.05) is 24.6 Å². The summed E-state index contributed by atoms with van der Waals surface area (Å²) in [6.07, 6.45) is -1.16. The van der Waals surface area contributed by atoms with Crippen molar-refractivity contribution in [2.24, 2.45) is 5.92 Å². The normalized spacial score (nSPS) is 19.5. The molecule has 1 atom stereocenters. The molecule has 1 fully saturated rings. The topological polar surface area (TPSA) is 12.0 Å². The highest BCUT2D eigenvalue weighted by Gasteiger charge is 2.29. The van der Waals surface area contributed by atoms with E-state index < -0.39 is 12.0 Å². The summed E-state index contributed by atoms with van der Waals surface area (Å²) in [6.45, 7) is 1.30. The fraction of sp³-hybridized carbons (Fsp3) is 0.400. The van der Waals surface area contributed by atoms with E-state index in [1.165, 1.54) is 12.1 Å². The van der Waals surface area contributed by atoms with Crippen LogP contribution >= 0.6 is 0 Å². The van der Waals surface area contributed by atoms with Crippen molar-refractivity contribution in [3.63, 3.8) is 0 Å². The van der Waals surface area contributed by atoms with E-state index in [0.29, 0.717) is 13.1 Å². The van der Waals surface area contributed by atoms with Gasteiger partial charge in [-0.2, -0.15) is 0 Å². The lowest BCUT2D eigenvalue weighted by atomic mass is 9.92. The zero-order valence-corrected chi connectivity index (χ0v) is 7.13. The minimum atomic E-state index is -1.16. The average molecular weight is 183 g/mol. The minimum Gasteiger partial charge on any atom is -0.316 e. The molecule has 1 aliphatic heterocycles. The van der Waals surface area contributed by atoms with Gasteiger partial charge < -0.3 is 5.32 Å². The van der Waals surface area contributed by atoms with E-state index in [4.69, 9.17) is 0 Å². The third-order valence-electron chi connectivity index (χ3n) is 2.43. The maximum Gasteiger partial charge on any atom is 0.133 e. The van der Waals surface area contributed by atoms with Gasteiger partial charge >= 0.3 is 0 Å². The Morgan fingerprint density at radius 2 is 2.00 bits per heavy atom. The molecule has 1 aliphatic rings. The van der Waals surface area contributed by atoms with Gasteiger partial charge in [-0.15, -0.1) is 0 Å². The second-order valence-corrected chi connectivity index (χ2v) is 3.34. The van der Waals surface area contributed by atoms with Gasteiger partial charge in [-0.25, -0.2) is 8.78 Å². The van der Waals surface area contributed by atoms with Crippen LogP contribution in [0.1, 0.15) is 11.7 Å². The lowest BCUT2D eigenvalue weighted by Gasteiger charge is -2.30. The standard InChI is InChI=1S/C10H11F2N/c11-9-4-2-1-3-8(9)10(12)7-5-13-6-7/h1-4,7,10,13H,5-6H2. The smallest absolute Gasteiger partial charge is 0.133 e. The van der Waals surface area contributed by atoms with Crippen molar-refractivity contribution in [2.45, 2.75) is 6.17 Å². The molecule has 2 rings (SSSR count). The largest absolute Gasteiger partial charge is 0.316 e. The molecule has 1 unspecified atom stereocenters. The molecule has 3 heteroatoms. The minimum absolute atomic E-state index is 0.0584. The van der Waals surface area contributed by atoms with E-state index in [9.17, 15) is 8.78 Å². The summed E-state index contributed by atoms with van der Waals surface area (Å²) in [5, 5.41) is 2.97. The Morgan fingerprint density at radius 1 is 1.31 bits per heavy atom. The number of rotatable bonds is 2. The third-order valence-corrected chi connectivity index (χ3v) is 2.43. The highest BCUT2D eigenvalue weighted by Crippen LogP contribution is 2.30. The van der Waals surface area contributed by atoms with E-state index in [0.717, 1.165) is 0 Å². The molecule has 0 amide bonds. The van der Waals surface area contributed by atoms with Crippen LogP contribution in [0.3, 0.4) is 0 Å². The number of halogens is 2. The summed E-state index contributed by atoms with van der Waals surface area (Å²) in [7, 11) is 0. The van der Waals surface area contributed by atoms with Crippen LogP contribution in [-0.2, 0) is 0 Å². The average Bonchev–Trinajstić information content (AvgIpc) is 2.01. The quantitative estimate of drug-likeness (QED) is 0.740. The Hall–Kier alpha value is -0.960. The van der Waals surface area contributed by atoms with Crippen LogP contribution in [0.15, 0.2) is 24.3 Å². The predicted octanol–water partition coefficient (Wildman–Crippen LogP) is 2.06. The number of benzene rings is 1. The highest BCUT2D eigenvalue weighted by atomic mass is 19.1. The molecular weight excluding hydrogens is 172 g/mol. The Kier molecular flexibility index (Phi) is 2.27. The maximum absolute atomic E-state index is 13.6. The highest BCUT2D eigenvalue weighted by molar-refractivity contribution is 5.21. The summed E-state index contributed by atoms with van der Waals surface area (Å²) in [6, 6.07) is 6.05. The van der Waals surface area contributed by atoms with Crippen molar-refractivity contribution in [3.05, 3.63) is 35.6 Å². The number of alkyl halides is 1. The molecule has 1 heterocycles. The molecule has 70 valence electrons. The Balaban J connectivity index is 2.18. The molecular formula is C10H11F2N. The predicted molar refractivity (Wildman–Crippen MR) is 46.6 cm³/mol. The van der Waals surface area contributed by atoms with Crippen LogP contribution in [0, 0.1) is 11.7 Å². The Morgan fingerprint density at radius 3 is 2.54 bits per heavy atom. The zero-order valence-electron chi connectivity index (χ0n) is 7.13. The molecule has 1 nitrogen and oxygen atoms in total. The van der Waals surface area contributed by atoms with Gasteiger partial charge in [0.05, 0.1) is 0 Å². The van der Waals surface area contributed by atoms with Gasteiger partial charge in [-0.05, 0) is 6.07 Å². The van der Waals surface area contributed by atoms with Crippen molar-refractivity contribution in [2.75, 3.05) is 13.1 Å². The lowest BCUT2D eigenvalue weighted by molar-refractivity contribution is 0.167.